The molecule has 0 amide bonds. The van der Waals surface area contributed by atoms with Gasteiger partial charge in [-0.25, -0.2) is 0 Å². The minimum absolute atomic E-state index is 0.140. The number of aliphatic hydroxyl groups is 2. The van der Waals surface area contributed by atoms with Gasteiger partial charge in [0.25, 0.3) is 0 Å². The molecule has 2 fully saturated rings. The minimum atomic E-state index is -1.19. The predicted octanol–water partition coefficient (Wildman–Crippen LogP) is 3.12. The van der Waals surface area contributed by atoms with E-state index < -0.39 is 11.7 Å². The second kappa shape index (κ2) is 7.65. The third kappa shape index (κ3) is 4.18. The maximum atomic E-state index is 11.1. The van der Waals surface area contributed by atoms with Crippen LogP contribution < -0.4 is 4.74 Å². The Morgan fingerprint density at radius 2 is 1.84 bits per heavy atom. The normalized spacial score (nSPS) is 28.9. The summed E-state index contributed by atoms with van der Waals surface area (Å²) in [7, 11) is 0. The average molecular weight is 347 g/mol. The molecule has 2 atom stereocenters. The van der Waals surface area contributed by atoms with Gasteiger partial charge in [0.05, 0.1) is 6.10 Å². The number of hydrogen-bond donors (Lipinski definition) is 2. The molecule has 0 bridgehead atoms. The summed E-state index contributed by atoms with van der Waals surface area (Å²) in [6, 6.07) is 4.70. The van der Waals surface area contributed by atoms with Gasteiger partial charge < -0.3 is 14.9 Å². The first kappa shape index (κ1) is 18.7. The first-order chi connectivity index (χ1) is 11.9. The van der Waals surface area contributed by atoms with Crippen LogP contribution in [0.4, 0.5) is 0 Å². The van der Waals surface area contributed by atoms with E-state index in [-0.39, 0.29) is 6.61 Å². The Morgan fingerprint density at radius 3 is 2.56 bits per heavy atom. The third-order valence-electron chi connectivity index (χ3n) is 6.12. The van der Waals surface area contributed by atoms with Crippen LogP contribution >= 0.6 is 0 Å². The zero-order valence-electron chi connectivity index (χ0n) is 15.9. The smallest absolute Gasteiger partial charge is 0.137 e. The highest BCUT2D eigenvalue weighted by atomic mass is 16.5. The topological polar surface area (TPSA) is 52.9 Å². The van der Waals surface area contributed by atoms with E-state index in [1.165, 1.54) is 37.7 Å². The molecule has 1 aliphatic carbocycles. The molecule has 0 aromatic heterocycles. The Hall–Kier alpha value is -1.10. The lowest BCUT2D eigenvalue weighted by molar-refractivity contribution is -0.146. The van der Waals surface area contributed by atoms with Gasteiger partial charge in [-0.15, -0.1) is 0 Å². The molecule has 1 aromatic carbocycles. The largest absolute Gasteiger partial charge is 0.490 e. The van der Waals surface area contributed by atoms with Gasteiger partial charge in [0.2, 0.25) is 0 Å². The predicted molar refractivity (Wildman–Crippen MR) is 100 cm³/mol. The van der Waals surface area contributed by atoms with Crippen molar-refractivity contribution in [2.75, 3.05) is 19.7 Å². The van der Waals surface area contributed by atoms with Crippen molar-refractivity contribution >= 4 is 0 Å². The molecule has 3 rings (SSSR count). The number of β-amino-alcohol motifs (C(OH)–C–C–N with tert-alkyl or cyclic N) is 1. The molecular formula is C21H33NO3. The van der Waals surface area contributed by atoms with Crippen LogP contribution in [0.1, 0.15) is 55.2 Å². The number of likely N-dealkylation sites (tertiary alicyclic amines) is 1. The summed E-state index contributed by atoms with van der Waals surface area (Å²) in [6.07, 6.45) is 6.19. The van der Waals surface area contributed by atoms with E-state index in [4.69, 9.17) is 4.74 Å². The van der Waals surface area contributed by atoms with E-state index in [2.05, 4.69) is 17.9 Å². The standard InChI is InChI=1S/C21H33NO3/c1-15-11-16(2)17(3)19(12-15)25-14-21(24)13-22(10-9-20(21)23)18-7-5-4-6-8-18/h11-12,18,20,23-24H,4-10,13-14H2,1-3H3/t20-,21-/m0/s1. The molecule has 0 spiro atoms. The molecule has 1 aromatic rings. The Morgan fingerprint density at radius 1 is 1.12 bits per heavy atom. The van der Waals surface area contributed by atoms with Gasteiger partial charge in [0.15, 0.2) is 0 Å². The van der Waals surface area contributed by atoms with E-state index in [9.17, 15) is 10.2 Å². The highest BCUT2D eigenvalue weighted by Gasteiger charge is 2.43. The molecule has 2 N–H and O–H groups in total. The van der Waals surface area contributed by atoms with Crippen molar-refractivity contribution in [1.29, 1.82) is 0 Å². The number of hydrogen-bond acceptors (Lipinski definition) is 4. The lowest BCUT2D eigenvalue weighted by Crippen LogP contribution is -2.61. The van der Waals surface area contributed by atoms with Gasteiger partial charge in [-0.05, 0) is 62.8 Å². The molecule has 4 heteroatoms. The van der Waals surface area contributed by atoms with Crippen LogP contribution in [0.25, 0.3) is 0 Å². The van der Waals surface area contributed by atoms with E-state index in [1.54, 1.807) is 0 Å². The molecule has 140 valence electrons. The molecule has 1 saturated carbocycles. The Balaban J connectivity index is 1.68. The second-order valence-corrected chi connectivity index (χ2v) is 8.16. The Kier molecular flexibility index (Phi) is 5.71. The zero-order valence-corrected chi connectivity index (χ0v) is 15.9. The van der Waals surface area contributed by atoms with Crippen LogP contribution in [-0.2, 0) is 0 Å². The summed E-state index contributed by atoms with van der Waals surface area (Å²) in [4.78, 5) is 2.38. The van der Waals surface area contributed by atoms with Gasteiger partial charge in [-0.3, -0.25) is 4.90 Å². The molecular weight excluding hydrogens is 314 g/mol. The average Bonchev–Trinajstić information content (AvgIpc) is 2.60. The zero-order chi connectivity index (χ0) is 18.0. The van der Waals surface area contributed by atoms with E-state index in [0.717, 1.165) is 23.4 Å². The molecule has 4 nitrogen and oxygen atoms in total. The highest BCUT2D eigenvalue weighted by Crippen LogP contribution is 2.31. The fourth-order valence-electron chi connectivity index (χ4n) is 4.35. The van der Waals surface area contributed by atoms with Crippen LogP contribution in [0, 0.1) is 20.8 Å². The first-order valence-corrected chi connectivity index (χ1v) is 9.74. The van der Waals surface area contributed by atoms with Crippen molar-refractivity contribution in [2.45, 2.75) is 77.0 Å². The number of aryl methyl sites for hydroxylation is 2. The fourth-order valence-corrected chi connectivity index (χ4v) is 4.35. The molecule has 1 saturated heterocycles. The summed E-state index contributed by atoms with van der Waals surface area (Å²) >= 11 is 0. The summed E-state index contributed by atoms with van der Waals surface area (Å²) in [5.74, 6) is 0.813. The maximum Gasteiger partial charge on any atom is 0.137 e. The van der Waals surface area contributed by atoms with Crippen LogP contribution in [-0.4, -0.2) is 52.6 Å². The lowest BCUT2D eigenvalue weighted by Gasteiger charge is -2.46. The van der Waals surface area contributed by atoms with Gasteiger partial charge in [-0.1, -0.05) is 25.3 Å². The monoisotopic (exact) mass is 347 g/mol. The highest BCUT2D eigenvalue weighted by molar-refractivity contribution is 5.42. The first-order valence-electron chi connectivity index (χ1n) is 9.74. The number of piperidine rings is 1. The number of nitrogens with zero attached hydrogens (tertiary/aromatic N) is 1. The quantitative estimate of drug-likeness (QED) is 0.879. The number of rotatable bonds is 4. The molecule has 1 heterocycles. The molecule has 0 radical (unpaired) electrons. The molecule has 25 heavy (non-hydrogen) atoms. The van der Waals surface area contributed by atoms with E-state index in [0.29, 0.717) is 19.0 Å². The van der Waals surface area contributed by atoms with Gasteiger partial charge >= 0.3 is 0 Å². The summed E-state index contributed by atoms with van der Waals surface area (Å²) in [5.41, 5.74) is 2.25. The Bertz CT molecular complexity index is 597. The van der Waals surface area contributed by atoms with Gasteiger partial charge in [0.1, 0.15) is 18.0 Å². The number of ether oxygens (including phenoxy) is 1. The van der Waals surface area contributed by atoms with Gasteiger partial charge in [0, 0.05) is 19.1 Å². The van der Waals surface area contributed by atoms with Crippen molar-refractivity contribution < 1.29 is 14.9 Å². The van der Waals surface area contributed by atoms with Crippen molar-refractivity contribution in [3.8, 4) is 5.75 Å². The second-order valence-electron chi connectivity index (χ2n) is 8.16. The SMILES string of the molecule is Cc1cc(C)c(C)c(OC[C@@]2(O)CN(C3CCCCC3)CC[C@@H]2O)c1. The van der Waals surface area contributed by atoms with Crippen LogP contribution in [0.2, 0.25) is 0 Å². The van der Waals surface area contributed by atoms with E-state index in [1.807, 2.05) is 19.9 Å². The fraction of sp³-hybridized carbons (Fsp3) is 0.714. The van der Waals surface area contributed by atoms with Crippen molar-refractivity contribution in [1.82, 2.24) is 4.90 Å². The summed E-state index contributed by atoms with van der Waals surface area (Å²) in [6.45, 7) is 7.68. The molecule has 1 aliphatic heterocycles. The third-order valence-corrected chi connectivity index (χ3v) is 6.12. The van der Waals surface area contributed by atoms with Crippen molar-refractivity contribution in [2.24, 2.45) is 0 Å². The van der Waals surface area contributed by atoms with Crippen molar-refractivity contribution in [3.05, 3.63) is 28.8 Å². The maximum absolute atomic E-state index is 11.1. The van der Waals surface area contributed by atoms with Crippen molar-refractivity contribution in [3.63, 3.8) is 0 Å². The summed E-state index contributed by atoms with van der Waals surface area (Å²) in [5, 5.41) is 21.6. The molecule has 0 unspecified atom stereocenters. The number of benzene rings is 1. The number of aliphatic hydroxyl groups excluding tert-OH is 1. The van der Waals surface area contributed by atoms with Gasteiger partial charge in [-0.2, -0.15) is 0 Å². The lowest BCUT2D eigenvalue weighted by atomic mass is 9.86. The van der Waals surface area contributed by atoms with Crippen LogP contribution in [0.3, 0.4) is 0 Å². The van der Waals surface area contributed by atoms with E-state index >= 15 is 0 Å². The summed E-state index contributed by atoms with van der Waals surface area (Å²) < 4.78 is 6.01. The Labute approximate surface area is 151 Å². The van der Waals surface area contributed by atoms with Crippen LogP contribution in [0.5, 0.6) is 5.75 Å². The minimum Gasteiger partial charge on any atom is -0.490 e. The molecule has 2 aliphatic rings. The van der Waals surface area contributed by atoms with Crippen LogP contribution in [0.15, 0.2) is 12.1 Å².